The fourth-order valence-corrected chi connectivity index (χ4v) is 3.91. The van der Waals surface area contributed by atoms with Crippen LogP contribution in [0.15, 0.2) is 115 Å². The van der Waals surface area contributed by atoms with Crippen LogP contribution in [0.1, 0.15) is 20.7 Å². The number of methoxy groups -OCH3 is 1. The van der Waals surface area contributed by atoms with Crippen LogP contribution in [0.3, 0.4) is 0 Å². The number of benzene rings is 4. The predicted octanol–water partition coefficient (Wildman–Crippen LogP) is 6.05. The Labute approximate surface area is 214 Å². The van der Waals surface area contributed by atoms with E-state index in [1.165, 1.54) is 0 Å². The van der Waals surface area contributed by atoms with Crippen molar-refractivity contribution >= 4 is 23.2 Å². The molecule has 0 aliphatic carbocycles. The molecular formula is C30H24N4O3. The van der Waals surface area contributed by atoms with E-state index in [4.69, 9.17) is 9.84 Å². The highest BCUT2D eigenvalue weighted by Crippen LogP contribution is 2.26. The molecule has 0 saturated carbocycles. The minimum Gasteiger partial charge on any atom is -0.495 e. The van der Waals surface area contributed by atoms with Gasteiger partial charge in [0, 0.05) is 23.0 Å². The normalized spacial score (nSPS) is 10.5. The average Bonchev–Trinajstić information content (AvgIpc) is 3.41. The fraction of sp³-hybridized carbons (Fsp3) is 0.0333. The quantitative estimate of drug-likeness (QED) is 0.292. The number of amides is 2. The Kier molecular flexibility index (Phi) is 6.76. The van der Waals surface area contributed by atoms with E-state index in [9.17, 15) is 9.59 Å². The molecule has 5 rings (SSSR count). The lowest BCUT2D eigenvalue weighted by Crippen LogP contribution is -2.14. The van der Waals surface area contributed by atoms with Gasteiger partial charge in [0.1, 0.15) is 11.4 Å². The molecular weight excluding hydrogens is 464 g/mol. The minimum atomic E-state index is -0.299. The summed E-state index contributed by atoms with van der Waals surface area (Å²) in [7, 11) is 1.55. The van der Waals surface area contributed by atoms with Gasteiger partial charge in [0.25, 0.3) is 11.8 Å². The molecule has 0 aliphatic heterocycles. The zero-order valence-electron chi connectivity index (χ0n) is 20.1. The predicted molar refractivity (Wildman–Crippen MR) is 144 cm³/mol. The monoisotopic (exact) mass is 488 g/mol. The molecule has 1 heterocycles. The van der Waals surface area contributed by atoms with Crippen molar-refractivity contribution in [3.05, 3.63) is 127 Å². The summed E-state index contributed by atoms with van der Waals surface area (Å²) in [6.07, 6.45) is 1.72. The van der Waals surface area contributed by atoms with E-state index < -0.39 is 0 Å². The highest BCUT2D eigenvalue weighted by molar-refractivity contribution is 6.09. The first-order valence-corrected chi connectivity index (χ1v) is 11.7. The molecule has 0 radical (unpaired) electrons. The molecule has 0 aliphatic rings. The van der Waals surface area contributed by atoms with Gasteiger partial charge < -0.3 is 15.4 Å². The molecule has 182 valence electrons. The van der Waals surface area contributed by atoms with Crippen molar-refractivity contribution in [2.75, 3.05) is 17.7 Å². The summed E-state index contributed by atoms with van der Waals surface area (Å²) in [5, 5.41) is 10.5. The van der Waals surface area contributed by atoms with Gasteiger partial charge in [0.05, 0.1) is 24.0 Å². The smallest absolute Gasteiger partial charge is 0.259 e. The van der Waals surface area contributed by atoms with E-state index in [2.05, 4.69) is 10.6 Å². The van der Waals surface area contributed by atoms with Gasteiger partial charge in [-0.2, -0.15) is 5.10 Å². The second-order valence-corrected chi connectivity index (χ2v) is 8.22. The SMILES string of the molecule is COc1ccccc1NC(=O)c1ccc(NC(=O)c2cn(-c3ccccc3)nc2-c2ccccc2)cc1. The van der Waals surface area contributed by atoms with Crippen LogP contribution in [0.2, 0.25) is 0 Å². The second-order valence-electron chi connectivity index (χ2n) is 8.22. The van der Waals surface area contributed by atoms with Crippen molar-refractivity contribution in [1.82, 2.24) is 9.78 Å². The number of rotatable bonds is 7. The number of hydrogen-bond donors (Lipinski definition) is 2. The van der Waals surface area contributed by atoms with Gasteiger partial charge in [-0.25, -0.2) is 4.68 Å². The third-order valence-electron chi connectivity index (χ3n) is 5.79. The van der Waals surface area contributed by atoms with Crippen LogP contribution in [-0.2, 0) is 0 Å². The van der Waals surface area contributed by atoms with Crippen LogP contribution in [0, 0.1) is 0 Å². The van der Waals surface area contributed by atoms with Gasteiger partial charge in [-0.05, 0) is 48.5 Å². The summed E-state index contributed by atoms with van der Waals surface area (Å²) < 4.78 is 6.99. The van der Waals surface area contributed by atoms with Gasteiger partial charge in [0.15, 0.2) is 0 Å². The van der Waals surface area contributed by atoms with Crippen LogP contribution in [0.5, 0.6) is 5.75 Å². The lowest BCUT2D eigenvalue weighted by molar-refractivity contribution is 0.102. The molecule has 1 aromatic heterocycles. The number of nitrogens with zero attached hydrogens (tertiary/aromatic N) is 2. The van der Waals surface area contributed by atoms with E-state index in [-0.39, 0.29) is 11.8 Å². The zero-order chi connectivity index (χ0) is 25.6. The molecule has 2 amide bonds. The topological polar surface area (TPSA) is 85.3 Å². The summed E-state index contributed by atoms with van der Waals surface area (Å²) in [5.74, 6) is -0.00450. The van der Waals surface area contributed by atoms with E-state index >= 15 is 0 Å². The first kappa shape index (κ1) is 23.6. The Morgan fingerprint density at radius 3 is 2.08 bits per heavy atom. The summed E-state index contributed by atoms with van der Waals surface area (Å²) >= 11 is 0. The minimum absolute atomic E-state index is 0.280. The first-order chi connectivity index (χ1) is 18.1. The van der Waals surface area contributed by atoms with E-state index in [1.54, 1.807) is 54.4 Å². The van der Waals surface area contributed by atoms with Crippen LogP contribution in [0.4, 0.5) is 11.4 Å². The van der Waals surface area contributed by atoms with Crippen molar-refractivity contribution in [1.29, 1.82) is 0 Å². The maximum absolute atomic E-state index is 13.3. The molecule has 2 N–H and O–H groups in total. The number of aromatic nitrogens is 2. The molecule has 0 atom stereocenters. The van der Waals surface area contributed by atoms with Gasteiger partial charge in [-0.15, -0.1) is 0 Å². The number of hydrogen-bond acceptors (Lipinski definition) is 4. The van der Waals surface area contributed by atoms with Gasteiger partial charge in [-0.1, -0.05) is 60.7 Å². The van der Waals surface area contributed by atoms with Crippen LogP contribution in [-0.4, -0.2) is 28.7 Å². The lowest BCUT2D eigenvalue weighted by Gasteiger charge is -2.10. The maximum Gasteiger partial charge on any atom is 0.259 e. The van der Waals surface area contributed by atoms with Crippen molar-refractivity contribution in [2.45, 2.75) is 0 Å². The summed E-state index contributed by atoms with van der Waals surface area (Å²) in [6, 6.07) is 33.1. The standard InChI is InChI=1S/C30H24N4O3/c1-37-27-15-9-8-14-26(27)32-29(35)22-16-18-23(19-17-22)31-30(36)25-20-34(24-12-6-3-7-13-24)33-28(25)21-10-4-2-5-11-21/h2-20H,1H3,(H,31,36)(H,32,35). The largest absolute Gasteiger partial charge is 0.495 e. The maximum atomic E-state index is 13.3. The molecule has 0 saturated heterocycles. The Morgan fingerprint density at radius 1 is 0.730 bits per heavy atom. The molecule has 4 aromatic carbocycles. The molecule has 7 heteroatoms. The van der Waals surface area contributed by atoms with E-state index in [0.717, 1.165) is 11.3 Å². The van der Waals surface area contributed by atoms with Crippen molar-refractivity contribution in [3.63, 3.8) is 0 Å². The fourth-order valence-electron chi connectivity index (χ4n) is 3.91. The molecule has 0 unspecified atom stereocenters. The summed E-state index contributed by atoms with van der Waals surface area (Å²) in [6.45, 7) is 0. The zero-order valence-corrected chi connectivity index (χ0v) is 20.1. The van der Waals surface area contributed by atoms with Crippen LogP contribution in [0.25, 0.3) is 16.9 Å². The van der Waals surface area contributed by atoms with Crippen molar-refractivity contribution in [3.8, 4) is 22.7 Å². The van der Waals surface area contributed by atoms with Crippen molar-refractivity contribution < 1.29 is 14.3 Å². The molecule has 0 bridgehead atoms. The third-order valence-corrected chi connectivity index (χ3v) is 5.79. The summed E-state index contributed by atoms with van der Waals surface area (Å²) in [4.78, 5) is 26.0. The molecule has 0 fully saturated rings. The Bertz CT molecular complexity index is 1530. The number of carbonyl (C=O) groups excluding carboxylic acids is 2. The number of ether oxygens (including phenoxy) is 1. The Balaban J connectivity index is 1.36. The lowest BCUT2D eigenvalue weighted by atomic mass is 10.1. The average molecular weight is 489 g/mol. The molecule has 37 heavy (non-hydrogen) atoms. The highest BCUT2D eigenvalue weighted by Gasteiger charge is 2.19. The number of anilines is 2. The van der Waals surface area contributed by atoms with Gasteiger partial charge in [-0.3, -0.25) is 9.59 Å². The molecule has 7 nitrogen and oxygen atoms in total. The summed E-state index contributed by atoms with van der Waals surface area (Å²) in [5.41, 5.74) is 4.30. The third kappa shape index (κ3) is 5.26. The van der Waals surface area contributed by atoms with Crippen LogP contribution < -0.4 is 15.4 Å². The molecule has 0 spiro atoms. The number of nitrogens with one attached hydrogen (secondary N) is 2. The van der Waals surface area contributed by atoms with Crippen molar-refractivity contribution in [2.24, 2.45) is 0 Å². The van der Waals surface area contributed by atoms with E-state index in [0.29, 0.717) is 33.9 Å². The Hall–Kier alpha value is -5.17. The molecule has 5 aromatic rings. The van der Waals surface area contributed by atoms with Gasteiger partial charge >= 0.3 is 0 Å². The van der Waals surface area contributed by atoms with Crippen LogP contribution >= 0.6 is 0 Å². The number of carbonyl (C=O) groups is 2. The second kappa shape index (κ2) is 10.6. The van der Waals surface area contributed by atoms with E-state index in [1.807, 2.05) is 72.8 Å². The number of para-hydroxylation sites is 3. The first-order valence-electron chi connectivity index (χ1n) is 11.7. The van der Waals surface area contributed by atoms with Gasteiger partial charge in [0.2, 0.25) is 0 Å². The Morgan fingerprint density at radius 2 is 1.38 bits per heavy atom. The highest BCUT2D eigenvalue weighted by atomic mass is 16.5.